The second-order valence-electron chi connectivity index (χ2n) is 4.08. The van der Waals surface area contributed by atoms with Gasteiger partial charge in [-0.2, -0.15) is 9.67 Å². The van der Waals surface area contributed by atoms with Gasteiger partial charge in [0.15, 0.2) is 11.9 Å². The number of amides is 2. The SMILES string of the molecule is C[n+]1cccc(O)c1C=NNC(=O)Nc1ccccc1.[Cl-]. The van der Waals surface area contributed by atoms with E-state index in [1.54, 1.807) is 42.1 Å². The molecule has 21 heavy (non-hydrogen) atoms. The summed E-state index contributed by atoms with van der Waals surface area (Å²) in [6.45, 7) is 0. The monoisotopic (exact) mass is 306 g/mol. The van der Waals surface area contributed by atoms with Crippen LogP contribution in [-0.4, -0.2) is 17.4 Å². The summed E-state index contributed by atoms with van der Waals surface area (Å²) in [5.41, 5.74) is 3.50. The van der Waals surface area contributed by atoms with Crippen LogP contribution in [0.5, 0.6) is 5.75 Å². The van der Waals surface area contributed by atoms with E-state index in [0.717, 1.165) is 0 Å². The molecule has 1 aromatic carbocycles. The smallest absolute Gasteiger partial charge is 0.339 e. The Morgan fingerprint density at radius 3 is 2.62 bits per heavy atom. The predicted molar refractivity (Wildman–Crippen MR) is 75.5 cm³/mol. The van der Waals surface area contributed by atoms with Crippen molar-refractivity contribution in [1.82, 2.24) is 5.43 Å². The van der Waals surface area contributed by atoms with Gasteiger partial charge in [0.1, 0.15) is 13.3 Å². The van der Waals surface area contributed by atoms with E-state index in [-0.39, 0.29) is 18.2 Å². The van der Waals surface area contributed by atoms with Crippen molar-refractivity contribution in [2.24, 2.45) is 12.1 Å². The van der Waals surface area contributed by atoms with Crippen LogP contribution in [0.1, 0.15) is 5.69 Å². The third-order valence-electron chi connectivity index (χ3n) is 2.59. The van der Waals surface area contributed by atoms with E-state index < -0.39 is 6.03 Å². The lowest BCUT2D eigenvalue weighted by molar-refractivity contribution is -0.672. The number of halogens is 1. The number of aryl methyl sites for hydroxylation is 1. The number of nitrogens with zero attached hydrogens (tertiary/aromatic N) is 2. The maximum atomic E-state index is 11.6. The van der Waals surface area contributed by atoms with E-state index in [9.17, 15) is 9.90 Å². The first-order chi connectivity index (χ1) is 9.66. The highest BCUT2D eigenvalue weighted by molar-refractivity contribution is 5.90. The Labute approximate surface area is 128 Å². The molecule has 110 valence electrons. The Hall–Kier alpha value is -2.60. The topological polar surface area (TPSA) is 77.6 Å². The van der Waals surface area contributed by atoms with Gasteiger partial charge in [0.2, 0.25) is 0 Å². The highest BCUT2D eigenvalue weighted by Crippen LogP contribution is 2.08. The molecule has 1 aromatic heterocycles. The average Bonchev–Trinajstić information content (AvgIpc) is 2.43. The van der Waals surface area contributed by atoms with Gasteiger partial charge in [0, 0.05) is 11.8 Å². The summed E-state index contributed by atoms with van der Waals surface area (Å²) in [5.74, 6) is 0.0871. The van der Waals surface area contributed by atoms with Crippen LogP contribution in [0.2, 0.25) is 0 Å². The van der Waals surface area contributed by atoms with Crippen LogP contribution in [0.15, 0.2) is 53.8 Å². The van der Waals surface area contributed by atoms with Crippen LogP contribution in [0.4, 0.5) is 10.5 Å². The largest absolute Gasteiger partial charge is 1.00 e. The van der Waals surface area contributed by atoms with Gasteiger partial charge in [-0.05, 0) is 18.2 Å². The molecule has 7 heteroatoms. The van der Waals surface area contributed by atoms with Gasteiger partial charge in [0.05, 0.1) is 0 Å². The van der Waals surface area contributed by atoms with E-state index in [1.807, 2.05) is 18.2 Å². The maximum Gasteiger partial charge on any atom is 0.339 e. The first kappa shape index (κ1) is 16.5. The van der Waals surface area contributed by atoms with Gasteiger partial charge in [0.25, 0.3) is 5.69 Å². The molecule has 0 unspecified atom stereocenters. The molecule has 3 N–H and O–H groups in total. The number of hydrazone groups is 1. The Balaban J connectivity index is 0.00000220. The van der Waals surface area contributed by atoms with E-state index in [2.05, 4.69) is 15.8 Å². The quantitative estimate of drug-likeness (QED) is 0.362. The van der Waals surface area contributed by atoms with Crippen LogP contribution in [0.3, 0.4) is 0 Å². The van der Waals surface area contributed by atoms with E-state index >= 15 is 0 Å². The van der Waals surface area contributed by atoms with Crippen LogP contribution in [0.25, 0.3) is 0 Å². The number of benzene rings is 1. The minimum Gasteiger partial charge on any atom is -1.00 e. The van der Waals surface area contributed by atoms with Crippen molar-refractivity contribution in [2.45, 2.75) is 0 Å². The summed E-state index contributed by atoms with van der Waals surface area (Å²) in [7, 11) is 1.77. The molecule has 6 nitrogen and oxygen atoms in total. The minimum absolute atomic E-state index is 0. The standard InChI is InChI=1S/C14H14N4O2.ClH/c1-18-9-5-8-13(19)12(18)10-15-17-14(20)16-11-6-3-2-4-7-11;/h2-10H,1H3,(H2,16,19,20);1H. The van der Waals surface area contributed by atoms with Crippen molar-refractivity contribution in [3.8, 4) is 5.75 Å². The molecular formula is C14H15ClN4O2. The second-order valence-corrected chi connectivity index (χ2v) is 4.08. The fourth-order valence-corrected chi connectivity index (χ4v) is 1.60. The van der Waals surface area contributed by atoms with Gasteiger partial charge < -0.3 is 22.8 Å². The van der Waals surface area contributed by atoms with Crippen molar-refractivity contribution < 1.29 is 26.9 Å². The highest BCUT2D eigenvalue weighted by Gasteiger charge is 2.09. The number of para-hydroxylation sites is 1. The summed E-state index contributed by atoms with van der Waals surface area (Å²) in [6, 6.07) is 11.8. The summed E-state index contributed by atoms with van der Waals surface area (Å²) >= 11 is 0. The Morgan fingerprint density at radius 2 is 1.95 bits per heavy atom. The fourth-order valence-electron chi connectivity index (χ4n) is 1.60. The molecule has 0 fully saturated rings. The summed E-state index contributed by atoms with van der Waals surface area (Å²) in [4.78, 5) is 11.6. The first-order valence-electron chi connectivity index (χ1n) is 5.99. The zero-order valence-electron chi connectivity index (χ0n) is 11.3. The van der Waals surface area contributed by atoms with E-state index in [1.165, 1.54) is 6.21 Å². The number of hydrogen-bond donors (Lipinski definition) is 3. The molecule has 2 amide bonds. The molecule has 0 saturated carbocycles. The third kappa shape index (κ3) is 4.77. The third-order valence-corrected chi connectivity index (χ3v) is 2.59. The van der Waals surface area contributed by atoms with Crippen LogP contribution < -0.4 is 27.7 Å². The molecule has 0 spiro atoms. The molecule has 0 bridgehead atoms. The van der Waals surface area contributed by atoms with Gasteiger partial charge in [-0.25, -0.2) is 10.2 Å². The lowest BCUT2D eigenvalue weighted by Crippen LogP contribution is -3.00. The molecule has 0 aliphatic rings. The average molecular weight is 307 g/mol. The van der Waals surface area contributed by atoms with Crippen molar-refractivity contribution in [3.05, 3.63) is 54.4 Å². The molecule has 0 aliphatic heterocycles. The van der Waals surface area contributed by atoms with Crippen molar-refractivity contribution in [1.29, 1.82) is 0 Å². The molecule has 0 atom stereocenters. The summed E-state index contributed by atoms with van der Waals surface area (Å²) < 4.78 is 1.69. The van der Waals surface area contributed by atoms with E-state index in [0.29, 0.717) is 11.4 Å². The lowest BCUT2D eigenvalue weighted by atomic mass is 10.3. The molecular weight excluding hydrogens is 292 g/mol. The van der Waals surface area contributed by atoms with Gasteiger partial charge in [-0.15, -0.1) is 0 Å². The molecule has 0 aliphatic carbocycles. The predicted octanol–water partition coefficient (Wildman–Crippen LogP) is -1.62. The number of aromatic hydroxyl groups is 1. The first-order valence-corrected chi connectivity index (χ1v) is 5.99. The normalized spacial score (nSPS) is 9.95. The van der Waals surface area contributed by atoms with E-state index in [4.69, 9.17) is 0 Å². The number of aromatic nitrogens is 1. The van der Waals surface area contributed by atoms with Gasteiger partial charge in [-0.1, -0.05) is 18.2 Å². The fraction of sp³-hybridized carbons (Fsp3) is 0.0714. The molecule has 0 radical (unpaired) electrons. The van der Waals surface area contributed by atoms with Crippen molar-refractivity contribution in [3.63, 3.8) is 0 Å². The van der Waals surface area contributed by atoms with Crippen molar-refractivity contribution in [2.75, 3.05) is 5.32 Å². The van der Waals surface area contributed by atoms with Crippen molar-refractivity contribution >= 4 is 17.9 Å². The summed E-state index contributed by atoms with van der Waals surface area (Å²) in [5, 5.41) is 16.1. The minimum atomic E-state index is -0.453. The van der Waals surface area contributed by atoms with Crippen LogP contribution in [0, 0.1) is 0 Å². The van der Waals surface area contributed by atoms with Crippen LogP contribution >= 0.6 is 0 Å². The lowest BCUT2D eigenvalue weighted by Gasteiger charge is -2.03. The summed E-state index contributed by atoms with van der Waals surface area (Å²) in [6.07, 6.45) is 3.14. The van der Waals surface area contributed by atoms with Gasteiger partial charge >= 0.3 is 6.03 Å². The highest BCUT2D eigenvalue weighted by atomic mass is 35.5. The number of hydrogen-bond acceptors (Lipinski definition) is 3. The Morgan fingerprint density at radius 1 is 1.24 bits per heavy atom. The van der Waals surface area contributed by atoms with Crippen LogP contribution in [-0.2, 0) is 7.05 Å². The Kier molecular flexibility index (Phi) is 6.16. The molecule has 0 saturated heterocycles. The number of anilines is 1. The second kappa shape index (κ2) is 7.86. The molecule has 1 heterocycles. The number of urea groups is 1. The maximum absolute atomic E-state index is 11.6. The number of pyridine rings is 1. The Bertz CT molecular complexity index is 612. The van der Waals surface area contributed by atoms with Gasteiger partial charge in [-0.3, -0.25) is 0 Å². The zero-order chi connectivity index (χ0) is 14.4. The molecule has 2 rings (SSSR count). The zero-order valence-corrected chi connectivity index (χ0v) is 12.1. The number of rotatable bonds is 3. The number of carbonyl (C=O) groups excluding carboxylic acids is 1. The number of nitrogens with one attached hydrogen (secondary N) is 2. The molecule has 2 aromatic rings. The number of carbonyl (C=O) groups is 1.